The van der Waals surface area contributed by atoms with E-state index in [1.165, 1.54) is 57.8 Å². The number of anilines is 1. The SMILES string of the molecule is CCOc1ccc(NCC(=O)NN=C2CCCCCCCCCCC2)cc1. The maximum absolute atomic E-state index is 12.1. The number of rotatable bonds is 6. The Hall–Kier alpha value is -2.04. The lowest BCUT2D eigenvalue weighted by Crippen LogP contribution is -2.27. The fourth-order valence-corrected chi connectivity index (χ4v) is 3.33. The lowest BCUT2D eigenvalue weighted by Gasteiger charge is -2.10. The molecule has 27 heavy (non-hydrogen) atoms. The van der Waals surface area contributed by atoms with Crippen molar-refractivity contribution in [1.82, 2.24) is 5.43 Å². The lowest BCUT2D eigenvalue weighted by molar-refractivity contribution is -0.119. The van der Waals surface area contributed by atoms with E-state index in [1.807, 2.05) is 31.2 Å². The van der Waals surface area contributed by atoms with Gasteiger partial charge in [0.1, 0.15) is 5.75 Å². The van der Waals surface area contributed by atoms with Gasteiger partial charge in [-0.3, -0.25) is 4.79 Å². The van der Waals surface area contributed by atoms with Crippen LogP contribution < -0.4 is 15.5 Å². The molecule has 1 aliphatic carbocycles. The van der Waals surface area contributed by atoms with Gasteiger partial charge in [-0.05, 0) is 56.9 Å². The van der Waals surface area contributed by atoms with Gasteiger partial charge >= 0.3 is 0 Å². The first-order chi connectivity index (χ1) is 13.3. The van der Waals surface area contributed by atoms with Gasteiger partial charge in [0.2, 0.25) is 0 Å². The van der Waals surface area contributed by atoms with Crippen molar-refractivity contribution < 1.29 is 9.53 Å². The minimum Gasteiger partial charge on any atom is -0.494 e. The Bertz CT molecular complexity index is 555. The molecule has 1 saturated carbocycles. The average molecular weight is 374 g/mol. The smallest absolute Gasteiger partial charge is 0.259 e. The van der Waals surface area contributed by atoms with Crippen molar-refractivity contribution >= 4 is 17.3 Å². The van der Waals surface area contributed by atoms with Crippen LogP contribution >= 0.6 is 0 Å². The van der Waals surface area contributed by atoms with E-state index in [-0.39, 0.29) is 12.5 Å². The van der Waals surface area contributed by atoms with E-state index in [0.29, 0.717) is 6.61 Å². The standard InChI is InChI=1S/C22H35N3O2/c1-2-27-21-16-14-19(15-17-21)23-18-22(26)25-24-20-12-10-8-6-4-3-5-7-9-11-13-20/h14-17,23H,2-13,18H2,1H3,(H,25,26). The second-order valence-electron chi connectivity index (χ2n) is 7.21. The summed E-state index contributed by atoms with van der Waals surface area (Å²) >= 11 is 0. The molecule has 0 bridgehead atoms. The van der Waals surface area contributed by atoms with Crippen molar-refractivity contribution in [3.8, 4) is 5.75 Å². The summed E-state index contributed by atoms with van der Waals surface area (Å²) in [5.74, 6) is 0.726. The van der Waals surface area contributed by atoms with Crippen molar-refractivity contribution in [2.75, 3.05) is 18.5 Å². The first kappa shape index (κ1) is 21.3. The predicted molar refractivity (Wildman–Crippen MR) is 112 cm³/mol. The number of nitrogens with one attached hydrogen (secondary N) is 2. The lowest BCUT2D eigenvalue weighted by atomic mass is 10.00. The Morgan fingerprint density at radius 1 is 0.926 bits per heavy atom. The van der Waals surface area contributed by atoms with Crippen LogP contribution in [-0.4, -0.2) is 24.8 Å². The van der Waals surface area contributed by atoms with Crippen molar-refractivity contribution in [2.24, 2.45) is 5.10 Å². The molecule has 2 rings (SSSR count). The quantitative estimate of drug-likeness (QED) is 0.667. The number of hydrogen-bond donors (Lipinski definition) is 2. The highest BCUT2D eigenvalue weighted by Crippen LogP contribution is 2.16. The largest absolute Gasteiger partial charge is 0.494 e. The fourth-order valence-electron chi connectivity index (χ4n) is 3.33. The van der Waals surface area contributed by atoms with Crippen molar-refractivity contribution in [3.63, 3.8) is 0 Å². The molecule has 0 aliphatic heterocycles. The third-order valence-corrected chi connectivity index (χ3v) is 4.89. The molecule has 1 amide bonds. The zero-order valence-electron chi connectivity index (χ0n) is 16.8. The molecule has 0 unspecified atom stereocenters. The van der Waals surface area contributed by atoms with Gasteiger partial charge in [-0.1, -0.05) is 44.9 Å². The van der Waals surface area contributed by atoms with Crippen LogP contribution in [0.2, 0.25) is 0 Å². The maximum Gasteiger partial charge on any atom is 0.259 e. The molecule has 0 radical (unpaired) electrons. The molecule has 5 nitrogen and oxygen atoms in total. The summed E-state index contributed by atoms with van der Waals surface area (Å²) in [6, 6.07) is 7.62. The Balaban J connectivity index is 1.74. The minimum absolute atomic E-state index is 0.109. The maximum atomic E-state index is 12.1. The number of carbonyl (C=O) groups excluding carboxylic acids is 1. The number of hydrogen-bond acceptors (Lipinski definition) is 4. The highest BCUT2D eigenvalue weighted by molar-refractivity contribution is 5.87. The number of amides is 1. The van der Waals surface area contributed by atoms with Gasteiger partial charge in [0.25, 0.3) is 5.91 Å². The van der Waals surface area contributed by atoms with Gasteiger partial charge in [-0.15, -0.1) is 0 Å². The van der Waals surface area contributed by atoms with E-state index in [0.717, 1.165) is 30.0 Å². The van der Waals surface area contributed by atoms with E-state index in [1.54, 1.807) is 0 Å². The van der Waals surface area contributed by atoms with Crippen LogP contribution in [0.5, 0.6) is 5.75 Å². The van der Waals surface area contributed by atoms with Crippen LogP contribution in [0.25, 0.3) is 0 Å². The zero-order valence-corrected chi connectivity index (χ0v) is 16.8. The minimum atomic E-state index is -0.109. The summed E-state index contributed by atoms with van der Waals surface area (Å²) in [6.45, 7) is 2.82. The monoisotopic (exact) mass is 373 g/mol. The Kier molecular flexibility index (Phi) is 10.4. The van der Waals surface area contributed by atoms with Crippen LogP contribution in [0.4, 0.5) is 5.69 Å². The Morgan fingerprint density at radius 3 is 2.04 bits per heavy atom. The van der Waals surface area contributed by atoms with Crippen LogP contribution in [-0.2, 0) is 4.79 Å². The van der Waals surface area contributed by atoms with Crippen molar-refractivity contribution in [3.05, 3.63) is 24.3 Å². The molecule has 0 aromatic heterocycles. The summed E-state index contributed by atoms with van der Waals surface area (Å²) < 4.78 is 5.42. The molecule has 0 saturated heterocycles. The van der Waals surface area contributed by atoms with E-state index in [9.17, 15) is 4.79 Å². The molecular weight excluding hydrogens is 338 g/mol. The normalized spacial score (nSPS) is 16.6. The first-order valence-corrected chi connectivity index (χ1v) is 10.6. The van der Waals surface area contributed by atoms with Gasteiger partial charge in [-0.2, -0.15) is 5.10 Å². The first-order valence-electron chi connectivity index (χ1n) is 10.6. The zero-order chi connectivity index (χ0) is 19.2. The third-order valence-electron chi connectivity index (χ3n) is 4.89. The molecule has 1 fully saturated rings. The summed E-state index contributed by atoms with van der Waals surface area (Å²) in [5, 5.41) is 7.54. The number of nitrogens with zero attached hydrogens (tertiary/aromatic N) is 1. The summed E-state index contributed by atoms with van der Waals surface area (Å²) in [6.07, 6.45) is 13.7. The Labute approximate surface area is 164 Å². The molecule has 5 heteroatoms. The molecule has 0 heterocycles. The number of benzene rings is 1. The van der Waals surface area contributed by atoms with E-state index < -0.39 is 0 Å². The predicted octanol–water partition coefficient (Wildman–Crippen LogP) is 5.27. The molecule has 0 spiro atoms. The van der Waals surface area contributed by atoms with Crippen LogP contribution in [0.1, 0.15) is 77.6 Å². The van der Waals surface area contributed by atoms with Crippen LogP contribution in [0.15, 0.2) is 29.4 Å². The molecule has 1 aliphatic rings. The van der Waals surface area contributed by atoms with Crippen LogP contribution in [0, 0.1) is 0 Å². The molecule has 0 atom stereocenters. The van der Waals surface area contributed by atoms with Gasteiger partial charge < -0.3 is 10.1 Å². The summed E-state index contributed by atoms with van der Waals surface area (Å²) in [5.41, 5.74) is 4.77. The molecule has 2 N–H and O–H groups in total. The molecule has 1 aromatic rings. The third kappa shape index (κ3) is 9.45. The van der Waals surface area contributed by atoms with E-state index in [2.05, 4.69) is 15.8 Å². The van der Waals surface area contributed by atoms with Gasteiger partial charge in [0.05, 0.1) is 13.2 Å². The molecule has 150 valence electrons. The van der Waals surface area contributed by atoms with Crippen molar-refractivity contribution in [2.45, 2.75) is 77.6 Å². The Morgan fingerprint density at radius 2 is 1.48 bits per heavy atom. The fraction of sp³-hybridized carbons (Fsp3) is 0.636. The summed E-state index contributed by atoms with van der Waals surface area (Å²) in [4.78, 5) is 12.1. The second-order valence-corrected chi connectivity index (χ2v) is 7.21. The van der Waals surface area contributed by atoms with Crippen LogP contribution in [0.3, 0.4) is 0 Å². The van der Waals surface area contributed by atoms with E-state index >= 15 is 0 Å². The van der Waals surface area contributed by atoms with Gasteiger partial charge in [-0.25, -0.2) is 5.43 Å². The van der Waals surface area contributed by atoms with E-state index in [4.69, 9.17) is 4.74 Å². The number of carbonyl (C=O) groups is 1. The molecule has 1 aromatic carbocycles. The number of hydrazone groups is 1. The second kappa shape index (κ2) is 13.2. The highest BCUT2D eigenvalue weighted by Gasteiger charge is 2.05. The highest BCUT2D eigenvalue weighted by atomic mass is 16.5. The molecular formula is C22H35N3O2. The topological polar surface area (TPSA) is 62.7 Å². The average Bonchev–Trinajstić information content (AvgIpc) is 2.67. The van der Waals surface area contributed by atoms with Gasteiger partial charge in [0, 0.05) is 11.4 Å². The van der Waals surface area contributed by atoms with Gasteiger partial charge in [0.15, 0.2) is 0 Å². The number of ether oxygens (including phenoxy) is 1. The summed E-state index contributed by atoms with van der Waals surface area (Å²) in [7, 11) is 0. The van der Waals surface area contributed by atoms with Crippen molar-refractivity contribution in [1.29, 1.82) is 0 Å².